The summed E-state index contributed by atoms with van der Waals surface area (Å²) in [4.78, 5) is 26.7. The number of amides is 1. The van der Waals surface area contributed by atoms with Crippen LogP contribution in [0.4, 0.5) is 5.82 Å². The van der Waals surface area contributed by atoms with Gasteiger partial charge in [-0.25, -0.2) is 14.6 Å². The number of pyridine rings is 1. The molecule has 0 atom stereocenters. The molecule has 1 aliphatic rings. The molecule has 0 saturated carbocycles. The number of nitrogens with zero attached hydrogens (tertiary/aromatic N) is 6. The average Bonchev–Trinajstić information content (AvgIpc) is 3.30. The van der Waals surface area contributed by atoms with Gasteiger partial charge in [-0.15, -0.1) is 16.4 Å². The molecule has 1 amide bonds. The third-order valence-corrected chi connectivity index (χ3v) is 5.00. The fourth-order valence-electron chi connectivity index (χ4n) is 2.67. The number of carbonyl (C=O) groups excluding carboxylic acids is 1. The van der Waals surface area contributed by atoms with Crippen LogP contribution in [-0.2, 0) is 4.74 Å². The minimum Gasteiger partial charge on any atom is -0.377 e. The minimum absolute atomic E-state index is 0.137. The minimum atomic E-state index is -0.375. The summed E-state index contributed by atoms with van der Waals surface area (Å²) >= 11 is 1.48. The number of nitrogens with one attached hydrogen (secondary N) is 1. The Hall–Kier alpha value is -3.24. The third-order valence-electron chi connectivity index (χ3n) is 4.19. The van der Waals surface area contributed by atoms with E-state index in [-0.39, 0.29) is 17.6 Å². The van der Waals surface area contributed by atoms with Crippen molar-refractivity contribution in [3.8, 4) is 11.5 Å². The molecule has 134 valence electrons. The van der Waals surface area contributed by atoms with Gasteiger partial charge in [-0.1, -0.05) is 11.3 Å². The zero-order valence-electron chi connectivity index (χ0n) is 13.9. The first-order chi connectivity index (χ1) is 13.3. The van der Waals surface area contributed by atoms with Crippen LogP contribution in [0.3, 0.4) is 0 Å². The molecule has 0 unspecified atom stereocenters. The zero-order valence-corrected chi connectivity index (χ0v) is 14.8. The summed E-state index contributed by atoms with van der Waals surface area (Å²) < 4.78 is 6.79. The predicted molar refractivity (Wildman–Crippen MR) is 98.5 cm³/mol. The highest BCUT2D eigenvalue weighted by atomic mass is 32.1. The van der Waals surface area contributed by atoms with Crippen LogP contribution in [0.15, 0.2) is 42.0 Å². The highest BCUT2D eigenvalue weighted by molar-refractivity contribution is 7.16. The second kappa shape index (κ2) is 6.49. The molecule has 4 aromatic heterocycles. The number of hydrogen-bond acceptors (Lipinski definition) is 8. The molecule has 0 bridgehead atoms. The maximum atomic E-state index is 12.6. The smallest absolute Gasteiger partial charge is 0.279 e. The second-order valence-electron chi connectivity index (χ2n) is 5.98. The normalized spacial score (nSPS) is 14.2. The molecular weight excluding hydrogens is 366 g/mol. The van der Waals surface area contributed by atoms with Crippen molar-refractivity contribution in [3.05, 3.63) is 47.7 Å². The summed E-state index contributed by atoms with van der Waals surface area (Å²) in [6.07, 6.45) is 3.30. The lowest BCUT2D eigenvalue weighted by Gasteiger charge is -2.25. The molecule has 5 heterocycles. The number of ether oxygens (including phenoxy) is 1. The summed E-state index contributed by atoms with van der Waals surface area (Å²) in [6.45, 7) is 1.17. The van der Waals surface area contributed by atoms with Crippen molar-refractivity contribution in [2.75, 3.05) is 18.5 Å². The second-order valence-corrected chi connectivity index (χ2v) is 6.87. The quantitative estimate of drug-likeness (QED) is 0.579. The highest BCUT2D eigenvalue weighted by Crippen LogP contribution is 2.28. The van der Waals surface area contributed by atoms with Gasteiger partial charge in [0.25, 0.3) is 5.91 Å². The van der Waals surface area contributed by atoms with E-state index in [2.05, 4.69) is 30.6 Å². The van der Waals surface area contributed by atoms with Crippen molar-refractivity contribution >= 4 is 33.3 Å². The Kier molecular flexibility index (Phi) is 3.84. The molecule has 0 radical (unpaired) electrons. The van der Waals surface area contributed by atoms with Crippen LogP contribution in [0.25, 0.3) is 21.7 Å². The molecule has 9 nitrogen and oxygen atoms in total. The van der Waals surface area contributed by atoms with Crippen LogP contribution in [-0.4, -0.2) is 49.1 Å². The average molecular weight is 379 g/mol. The molecule has 0 spiro atoms. The lowest BCUT2D eigenvalue weighted by molar-refractivity contribution is -0.0293. The molecule has 4 aromatic rings. The Balaban J connectivity index is 1.47. The summed E-state index contributed by atoms with van der Waals surface area (Å²) in [6, 6.07) is 7.53. The van der Waals surface area contributed by atoms with Gasteiger partial charge < -0.3 is 10.1 Å². The number of fused-ring (bicyclic) bond motifs is 1. The van der Waals surface area contributed by atoms with E-state index in [0.717, 1.165) is 10.2 Å². The van der Waals surface area contributed by atoms with Crippen LogP contribution in [0.1, 0.15) is 16.5 Å². The van der Waals surface area contributed by atoms with Crippen molar-refractivity contribution in [1.82, 2.24) is 29.9 Å². The molecule has 27 heavy (non-hydrogen) atoms. The Morgan fingerprint density at radius 1 is 1.26 bits per heavy atom. The number of aromatic nitrogens is 6. The van der Waals surface area contributed by atoms with E-state index in [9.17, 15) is 4.79 Å². The summed E-state index contributed by atoms with van der Waals surface area (Å²) in [7, 11) is 0. The number of hydrogen-bond donors (Lipinski definition) is 1. The number of carbonyl (C=O) groups is 1. The van der Waals surface area contributed by atoms with Gasteiger partial charge in [-0.05, 0) is 23.6 Å². The maximum Gasteiger partial charge on any atom is 0.279 e. The van der Waals surface area contributed by atoms with E-state index in [1.165, 1.54) is 11.3 Å². The van der Waals surface area contributed by atoms with Crippen molar-refractivity contribution in [2.45, 2.75) is 6.04 Å². The Morgan fingerprint density at radius 3 is 2.96 bits per heavy atom. The largest absolute Gasteiger partial charge is 0.377 e. The van der Waals surface area contributed by atoms with Gasteiger partial charge in [-0.3, -0.25) is 9.78 Å². The summed E-state index contributed by atoms with van der Waals surface area (Å²) in [5, 5.41) is 13.5. The lowest BCUT2D eigenvalue weighted by atomic mass is 10.3. The van der Waals surface area contributed by atoms with E-state index in [0.29, 0.717) is 30.5 Å². The van der Waals surface area contributed by atoms with Gasteiger partial charge >= 0.3 is 0 Å². The SMILES string of the molecule is O=C(Nc1nc(-c2ccccn2)nc2sccc12)c1cn(C2COC2)nn1. The number of thiophene rings is 1. The molecule has 0 aromatic carbocycles. The molecule has 1 aliphatic heterocycles. The molecule has 10 heteroatoms. The third kappa shape index (κ3) is 2.94. The van der Waals surface area contributed by atoms with Gasteiger partial charge in [0, 0.05) is 6.20 Å². The van der Waals surface area contributed by atoms with Crippen molar-refractivity contribution in [2.24, 2.45) is 0 Å². The maximum absolute atomic E-state index is 12.6. The van der Waals surface area contributed by atoms with Gasteiger partial charge in [0.2, 0.25) is 0 Å². The van der Waals surface area contributed by atoms with Crippen LogP contribution in [0, 0.1) is 0 Å². The Morgan fingerprint density at radius 2 is 2.19 bits per heavy atom. The molecule has 1 saturated heterocycles. The Bertz CT molecular complexity index is 1120. The fraction of sp³-hybridized carbons (Fsp3) is 0.176. The number of anilines is 1. The van der Waals surface area contributed by atoms with E-state index in [4.69, 9.17) is 4.74 Å². The first-order valence-corrected chi connectivity index (χ1v) is 9.13. The molecule has 1 N–H and O–H groups in total. The van der Waals surface area contributed by atoms with Crippen LogP contribution < -0.4 is 5.32 Å². The van der Waals surface area contributed by atoms with Crippen molar-refractivity contribution in [1.29, 1.82) is 0 Å². The predicted octanol–water partition coefficient (Wildman–Crippen LogP) is 2.17. The summed E-state index contributed by atoms with van der Waals surface area (Å²) in [5.74, 6) is 0.504. The highest BCUT2D eigenvalue weighted by Gasteiger charge is 2.23. The molecule has 0 aliphatic carbocycles. The van der Waals surface area contributed by atoms with Gasteiger partial charge in [-0.2, -0.15) is 0 Å². The standard InChI is InChI=1S/C17H13N7O2S/c25-16(13-7-24(23-22-13)10-8-26-9-10)20-14-11-4-6-27-17(11)21-15(19-14)12-3-1-2-5-18-12/h1-7,10H,8-9H2,(H,19,20,21,25). The zero-order chi connectivity index (χ0) is 18.2. The molecular formula is C17H13N7O2S. The summed E-state index contributed by atoms with van der Waals surface area (Å²) in [5.41, 5.74) is 0.863. The molecule has 5 rings (SSSR count). The van der Waals surface area contributed by atoms with Crippen molar-refractivity contribution in [3.63, 3.8) is 0 Å². The van der Waals surface area contributed by atoms with E-state index in [1.54, 1.807) is 17.1 Å². The van der Waals surface area contributed by atoms with E-state index < -0.39 is 0 Å². The van der Waals surface area contributed by atoms with Crippen molar-refractivity contribution < 1.29 is 9.53 Å². The Labute approximate surface area is 157 Å². The topological polar surface area (TPSA) is 108 Å². The van der Waals surface area contributed by atoms with Gasteiger partial charge in [0.15, 0.2) is 11.5 Å². The van der Waals surface area contributed by atoms with E-state index >= 15 is 0 Å². The molecule has 1 fully saturated rings. The van der Waals surface area contributed by atoms with Crippen LogP contribution in [0.2, 0.25) is 0 Å². The van der Waals surface area contributed by atoms with Gasteiger partial charge in [0.1, 0.15) is 22.4 Å². The van der Waals surface area contributed by atoms with Crippen LogP contribution in [0.5, 0.6) is 0 Å². The number of rotatable bonds is 4. The first kappa shape index (κ1) is 16.0. The van der Waals surface area contributed by atoms with Crippen LogP contribution >= 0.6 is 11.3 Å². The lowest BCUT2D eigenvalue weighted by Crippen LogP contribution is -2.31. The van der Waals surface area contributed by atoms with Gasteiger partial charge in [0.05, 0.1) is 24.8 Å². The van der Waals surface area contributed by atoms with E-state index in [1.807, 2.05) is 29.6 Å². The monoisotopic (exact) mass is 379 g/mol. The first-order valence-electron chi connectivity index (χ1n) is 8.25. The fourth-order valence-corrected chi connectivity index (χ4v) is 3.43.